The van der Waals surface area contributed by atoms with E-state index in [0.717, 1.165) is 0 Å². The molecule has 0 bridgehead atoms. The number of aromatic nitrogens is 3. The van der Waals surface area contributed by atoms with Crippen molar-refractivity contribution in [3.63, 3.8) is 0 Å². The summed E-state index contributed by atoms with van der Waals surface area (Å²) in [6, 6.07) is -0.442. The predicted octanol–water partition coefficient (Wildman–Crippen LogP) is -1.01. The molecule has 1 aromatic heterocycles. The molecule has 0 saturated carbocycles. The van der Waals surface area contributed by atoms with Crippen molar-refractivity contribution in [3.05, 3.63) is 12.2 Å². The maximum absolute atomic E-state index is 12.0. The van der Waals surface area contributed by atoms with E-state index in [1.807, 2.05) is 0 Å². The minimum atomic E-state index is -3.53. The van der Waals surface area contributed by atoms with E-state index in [0.29, 0.717) is 25.3 Å². The van der Waals surface area contributed by atoms with Crippen molar-refractivity contribution < 1.29 is 8.42 Å². The van der Waals surface area contributed by atoms with Crippen LogP contribution in [0.1, 0.15) is 25.2 Å². The van der Waals surface area contributed by atoms with Crippen LogP contribution in [0.4, 0.5) is 0 Å². The Kier molecular flexibility index (Phi) is 5.20. The third-order valence-corrected chi connectivity index (χ3v) is 4.20. The molecule has 0 spiro atoms. The number of aryl methyl sites for hydroxylation is 1. The summed E-state index contributed by atoms with van der Waals surface area (Å²) >= 11 is 0. The summed E-state index contributed by atoms with van der Waals surface area (Å²) in [6.45, 7) is 2.56. The molecule has 0 amide bonds. The molecule has 1 heterocycles. The predicted molar refractivity (Wildman–Crippen MR) is 67.8 cm³/mol. The van der Waals surface area contributed by atoms with Crippen molar-refractivity contribution in [2.75, 3.05) is 20.1 Å². The van der Waals surface area contributed by atoms with E-state index in [9.17, 15) is 8.42 Å². The summed E-state index contributed by atoms with van der Waals surface area (Å²) in [5.41, 5.74) is 5.35. The summed E-state index contributed by atoms with van der Waals surface area (Å²) in [7, 11) is -0.250. The highest BCUT2D eigenvalue weighted by Gasteiger charge is 2.22. The summed E-state index contributed by atoms with van der Waals surface area (Å²) in [6.07, 6.45) is 2.15. The first-order valence-electron chi connectivity index (χ1n) is 5.66. The molecule has 0 aliphatic heterocycles. The summed E-state index contributed by atoms with van der Waals surface area (Å²) in [4.78, 5) is 0. The van der Waals surface area contributed by atoms with Crippen molar-refractivity contribution in [1.29, 1.82) is 0 Å². The van der Waals surface area contributed by atoms with Gasteiger partial charge in [0.15, 0.2) is 5.82 Å². The molecule has 1 rings (SSSR count). The SMILES string of the molecule is CC(NS(=O)(=O)N(C)CCCN)c1nncn1C. The van der Waals surface area contributed by atoms with E-state index in [-0.39, 0.29) is 0 Å². The van der Waals surface area contributed by atoms with Gasteiger partial charge in [0.1, 0.15) is 6.33 Å². The minimum absolute atomic E-state index is 0.386. The Morgan fingerprint density at radius 1 is 1.61 bits per heavy atom. The third-order valence-electron chi connectivity index (χ3n) is 2.55. The van der Waals surface area contributed by atoms with Crippen molar-refractivity contribution in [2.45, 2.75) is 19.4 Å². The Balaban J connectivity index is 2.68. The highest BCUT2D eigenvalue weighted by atomic mass is 32.2. The lowest BCUT2D eigenvalue weighted by atomic mass is 10.3. The van der Waals surface area contributed by atoms with Gasteiger partial charge >= 0.3 is 0 Å². The van der Waals surface area contributed by atoms with Gasteiger partial charge in [0.2, 0.25) is 0 Å². The van der Waals surface area contributed by atoms with E-state index < -0.39 is 16.3 Å². The van der Waals surface area contributed by atoms with Crippen LogP contribution >= 0.6 is 0 Å². The van der Waals surface area contributed by atoms with Gasteiger partial charge in [-0.15, -0.1) is 10.2 Å². The normalized spacial score (nSPS) is 14.1. The Bertz CT molecular complexity index is 471. The fourth-order valence-corrected chi connectivity index (χ4v) is 2.59. The Morgan fingerprint density at radius 2 is 2.28 bits per heavy atom. The second-order valence-electron chi connectivity index (χ2n) is 4.11. The lowest BCUT2D eigenvalue weighted by molar-refractivity contribution is 0.442. The molecule has 0 aliphatic carbocycles. The van der Waals surface area contributed by atoms with Crippen LogP contribution in [-0.2, 0) is 17.3 Å². The van der Waals surface area contributed by atoms with E-state index in [2.05, 4.69) is 14.9 Å². The molecular weight excluding hydrogens is 256 g/mol. The number of rotatable bonds is 7. The summed E-state index contributed by atoms with van der Waals surface area (Å²) < 4.78 is 29.4. The molecule has 18 heavy (non-hydrogen) atoms. The second-order valence-corrected chi connectivity index (χ2v) is 5.92. The van der Waals surface area contributed by atoms with Crippen LogP contribution in [0.15, 0.2) is 6.33 Å². The minimum Gasteiger partial charge on any atom is -0.330 e. The van der Waals surface area contributed by atoms with Crippen LogP contribution in [0.5, 0.6) is 0 Å². The molecule has 0 aliphatic rings. The molecule has 0 radical (unpaired) electrons. The quantitative estimate of drug-likeness (QED) is 0.664. The van der Waals surface area contributed by atoms with Crippen molar-refractivity contribution in [1.82, 2.24) is 23.8 Å². The van der Waals surface area contributed by atoms with Crippen LogP contribution < -0.4 is 10.5 Å². The number of nitrogens with zero attached hydrogens (tertiary/aromatic N) is 4. The Hall–Kier alpha value is -1.03. The molecule has 1 aromatic rings. The molecule has 9 heteroatoms. The fourth-order valence-electron chi connectivity index (χ4n) is 1.48. The first-order valence-corrected chi connectivity index (χ1v) is 7.10. The molecule has 104 valence electrons. The van der Waals surface area contributed by atoms with E-state index in [1.54, 1.807) is 18.5 Å². The first kappa shape index (κ1) is 15.0. The van der Waals surface area contributed by atoms with Crippen molar-refractivity contribution in [3.8, 4) is 0 Å². The second kappa shape index (κ2) is 6.23. The topological polar surface area (TPSA) is 106 Å². The van der Waals surface area contributed by atoms with E-state index in [1.165, 1.54) is 17.7 Å². The van der Waals surface area contributed by atoms with E-state index >= 15 is 0 Å². The largest absolute Gasteiger partial charge is 0.330 e. The zero-order valence-electron chi connectivity index (χ0n) is 10.9. The van der Waals surface area contributed by atoms with Crippen molar-refractivity contribution in [2.24, 2.45) is 12.8 Å². The number of nitrogens with one attached hydrogen (secondary N) is 1. The van der Waals surface area contributed by atoms with Gasteiger partial charge in [0, 0.05) is 20.6 Å². The smallest absolute Gasteiger partial charge is 0.279 e. The molecule has 0 fully saturated rings. The average molecular weight is 276 g/mol. The number of hydrogen-bond donors (Lipinski definition) is 2. The van der Waals surface area contributed by atoms with Crippen molar-refractivity contribution >= 4 is 10.2 Å². The van der Waals surface area contributed by atoms with Crippen LogP contribution in [0.2, 0.25) is 0 Å². The molecule has 8 nitrogen and oxygen atoms in total. The van der Waals surface area contributed by atoms with Gasteiger partial charge in [-0.1, -0.05) is 0 Å². The standard InChI is InChI=1S/C9H20N6O2S/c1-8(9-12-11-7-14(9)2)13-18(16,17)15(3)6-4-5-10/h7-8,13H,4-6,10H2,1-3H3. The van der Waals surface area contributed by atoms with Gasteiger partial charge in [-0.2, -0.15) is 17.4 Å². The zero-order chi connectivity index (χ0) is 13.8. The lowest BCUT2D eigenvalue weighted by Gasteiger charge is -2.20. The Morgan fingerprint density at radius 3 is 2.78 bits per heavy atom. The van der Waals surface area contributed by atoms with Gasteiger partial charge in [-0.3, -0.25) is 0 Å². The van der Waals surface area contributed by atoms with Gasteiger partial charge in [0.25, 0.3) is 10.2 Å². The summed E-state index contributed by atoms with van der Waals surface area (Å²) in [5.74, 6) is 0.561. The monoisotopic (exact) mass is 276 g/mol. The van der Waals surface area contributed by atoms with Crippen LogP contribution in [0.3, 0.4) is 0 Å². The third kappa shape index (κ3) is 3.73. The van der Waals surface area contributed by atoms with Gasteiger partial charge in [0.05, 0.1) is 6.04 Å². The molecule has 0 aromatic carbocycles. The van der Waals surface area contributed by atoms with Crippen LogP contribution in [0.25, 0.3) is 0 Å². The Labute approximate surface area is 107 Å². The number of nitrogens with two attached hydrogens (primary N) is 1. The molecular formula is C9H20N6O2S. The van der Waals surface area contributed by atoms with Crippen LogP contribution in [0, 0.1) is 0 Å². The zero-order valence-corrected chi connectivity index (χ0v) is 11.7. The van der Waals surface area contributed by atoms with Gasteiger partial charge < -0.3 is 10.3 Å². The van der Waals surface area contributed by atoms with Crippen LogP contribution in [-0.4, -0.2) is 47.6 Å². The highest BCUT2D eigenvalue weighted by Crippen LogP contribution is 2.10. The highest BCUT2D eigenvalue weighted by molar-refractivity contribution is 7.87. The summed E-state index contributed by atoms with van der Waals surface area (Å²) in [5, 5.41) is 7.58. The average Bonchev–Trinajstić information content (AvgIpc) is 2.71. The van der Waals surface area contributed by atoms with E-state index in [4.69, 9.17) is 5.73 Å². The maximum atomic E-state index is 12.0. The maximum Gasteiger partial charge on any atom is 0.279 e. The molecule has 1 unspecified atom stereocenters. The molecule has 3 N–H and O–H groups in total. The van der Waals surface area contributed by atoms with Gasteiger partial charge in [-0.05, 0) is 19.9 Å². The first-order chi connectivity index (χ1) is 8.38. The van der Waals surface area contributed by atoms with Gasteiger partial charge in [-0.25, -0.2) is 0 Å². The fraction of sp³-hybridized carbons (Fsp3) is 0.778. The number of hydrogen-bond acceptors (Lipinski definition) is 5. The molecule has 1 atom stereocenters. The lowest BCUT2D eigenvalue weighted by Crippen LogP contribution is -2.40. The molecule has 0 saturated heterocycles.